The Kier molecular flexibility index (Phi) is 5.17. The first kappa shape index (κ1) is 18.9. The van der Waals surface area contributed by atoms with E-state index in [0.717, 1.165) is 39.9 Å². The fourth-order valence-corrected chi connectivity index (χ4v) is 3.47. The van der Waals surface area contributed by atoms with Crippen LogP contribution in [0.3, 0.4) is 0 Å². The second-order valence-corrected chi connectivity index (χ2v) is 7.31. The highest BCUT2D eigenvalue weighted by molar-refractivity contribution is 6.36. The minimum absolute atomic E-state index is 0.225. The van der Waals surface area contributed by atoms with Gasteiger partial charge in [-0.25, -0.2) is 0 Å². The third-order valence-electron chi connectivity index (χ3n) is 4.90. The maximum absolute atomic E-state index is 13.0. The van der Waals surface area contributed by atoms with E-state index >= 15 is 0 Å². The van der Waals surface area contributed by atoms with Gasteiger partial charge in [0.1, 0.15) is 5.70 Å². The Hall–Kier alpha value is -2.88. The van der Waals surface area contributed by atoms with Crippen LogP contribution in [0.25, 0.3) is 5.57 Å². The molecule has 0 saturated carbocycles. The first-order valence-corrected chi connectivity index (χ1v) is 9.35. The lowest BCUT2D eigenvalue weighted by molar-refractivity contribution is -0.136. The van der Waals surface area contributed by atoms with Gasteiger partial charge in [-0.3, -0.25) is 14.5 Å². The molecule has 0 aliphatic carbocycles. The van der Waals surface area contributed by atoms with Gasteiger partial charge >= 0.3 is 0 Å². The number of rotatable bonds is 5. The predicted octanol–water partition coefficient (Wildman–Crippen LogP) is 4.52. The van der Waals surface area contributed by atoms with Crippen molar-refractivity contribution in [2.24, 2.45) is 0 Å². The first-order valence-electron chi connectivity index (χ1n) is 9.35. The third-order valence-corrected chi connectivity index (χ3v) is 4.90. The van der Waals surface area contributed by atoms with Gasteiger partial charge in [0.05, 0.1) is 5.57 Å². The number of anilines is 1. The van der Waals surface area contributed by atoms with E-state index < -0.39 is 0 Å². The van der Waals surface area contributed by atoms with E-state index in [4.69, 9.17) is 0 Å². The molecule has 1 N–H and O–H groups in total. The van der Waals surface area contributed by atoms with Crippen molar-refractivity contribution in [1.82, 2.24) is 4.90 Å². The number of aryl methyl sites for hydroxylation is 4. The van der Waals surface area contributed by atoms with Crippen molar-refractivity contribution in [2.75, 3.05) is 11.9 Å². The normalized spacial score (nSPS) is 14.3. The molecule has 0 spiro atoms. The molecule has 0 saturated heterocycles. The maximum Gasteiger partial charge on any atom is 0.278 e. The average Bonchev–Trinajstić information content (AvgIpc) is 2.81. The summed E-state index contributed by atoms with van der Waals surface area (Å²) in [6.45, 7) is 10.5. The SMILES string of the molecule is CCCN1C(=O)C(Nc2cc(C)cc(C)c2)=C(c2ccc(C)c(C)c2)C1=O. The lowest BCUT2D eigenvalue weighted by atomic mass is 9.99. The van der Waals surface area contributed by atoms with E-state index in [1.807, 2.05) is 65.0 Å². The summed E-state index contributed by atoms with van der Waals surface area (Å²) in [7, 11) is 0. The number of benzene rings is 2. The smallest absolute Gasteiger partial charge is 0.278 e. The van der Waals surface area contributed by atoms with Crippen molar-refractivity contribution in [3.05, 3.63) is 69.9 Å². The van der Waals surface area contributed by atoms with Crippen LogP contribution in [0.5, 0.6) is 0 Å². The number of hydrogen-bond acceptors (Lipinski definition) is 3. The van der Waals surface area contributed by atoms with Crippen LogP contribution in [0.2, 0.25) is 0 Å². The topological polar surface area (TPSA) is 49.4 Å². The third kappa shape index (κ3) is 3.65. The number of amides is 2. The molecule has 0 unspecified atom stereocenters. The minimum atomic E-state index is -0.255. The summed E-state index contributed by atoms with van der Waals surface area (Å²) < 4.78 is 0. The van der Waals surface area contributed by atoms with Gasteiger partial charge in [-0.05, 0) is 74.1 Å². The largest absolute Gasteiger partial charge is 0.350 e. The zero-order chi connectivity index (χ0) is 19.7. The molecular formula is C23H26N2O2. The fourth-order valence-electron chi connectivity index (χ4n) is 3.47. The Morgan fingerprint density at radius 2 is 1.52 bits per heavy atom. The van der Waals surface area contributed by atoms with Crippen LogP contribution in [-0.4, -0.2) is 23.3 Å². The average molecular weight is 362 g/mol. The second-order valence-electron chi connectivity index (χ2n) is 7.31. The molecule has 2 amide bonds. The number of carbonyl (C=O) groups excluding carboxylic acids is 2. The number of nitrogens with one attached hydrogen (secondary N) is 1. The minimum Gasteiger partial charge on any atom is -0.350 e. The van der Waals surface area contributed by atoms with Crippen LogP contribution in [0.1, 0.15) is 41.2 Å². The molecule has 0 aromatic heterocycles. The van der Waals surface area contributed by atoms with Crippen LogP contribution < -0.4 is 5.32 Å². The molecule has 0 radical (unpaired) electrons. The van der Waals surface area contributed by atoms with E-state index in [2.05, 4.69) is 11.4 Å². The van der Waals surface area contributed by atoms with Gasteiger partial charge in [-0.2, -0.15) is 0 Å². The standard InChI is InChI=1S/C23H26N2O2/c1-6-9-25-22(26)20(18-8-7-16(4)17(5)13-18)21(23(25)27)24-19-11-14(2)10-15(3)12-19/h7-8,10-13,24H,6,9H2,1-5H3. The van der Waals surface area contributed by atoms with Gasteiger partial charge in [0.15, 0.2) is 0 Å². The molecule has 4 nitrogen and oxygen atoms in total. The van der Waals surface area contributed by atoms with Crippen molar-refractivity contribution in [3.63, 3.8) is 0 Å². The monoisotopic (exact) mass is 362 g/mol. The van der Waals surface area contributed by atoms with E-state index in [0.29, 0.717) is 17.8 Å². The van der Waals surface area contributed by atoms with Crippen molar-refractivity contribution in [2.45, 2.75) is 41.0 Å². The lowest BCUT2D eigenvalue weighted by Crippen LogP contribution is -2.33. The van der Waals surface area contributed by atoms with Crippen LogP contribution in [0.4, 0.5) is 5.69 Å². The molecule has 0 bridgehead atoms. The Morgan fingerprint density at radius 1 is 0.852 bits per heavy atom. The predicted molar refractivity (Wildman–Crippen MR) is 109 cm³/mol. The van der Waals surface area contributed by atoms with Crippen LogP contribution >= 0.6 is 0 Å². The molecular weight excluding hydrogens is 336 g/mol. The first-order chi connectivity index (χ1) is 12.8. The summed E-state index contributed by atoms with van der Waals surface area (Å²) in [4.78, 5) is 27.4. The lowest BCUT2D eigenvalue weighted by Gasteiger charge is -2.14. The maximum atomic E-state index is 13.0. The summed E-state index contributed by atoms with van der Waals surface area (Å²) in [6, 6.07) is 11.9. The highest BCUT2D eigenvalue weighted by Crippen LogP contribution is 2.32. The van der Waals surface area contributed by atoms with Gasteiger partial charge in [0.2, 0.25) is 0 Å². The number of nitrogens with zero attached hydrogens (tertiary/aromatic N) is 1. The van der Waals surface area contributed by atoms with Crippen LogP contribution in [0, 0.1) is 27.7 Å². The summed E-state index contributed by atoms with van der Waals surface area (Å²) in [5, 5.41) is 3.24. The van der Waals surface area contributed by atoms with Gasteiger partial charge < -0.3 is 5.32 Å². The fraction of sp³-hybridized carbons (Fsp3) is 0.304. The van der Waals surface area contributed by atoms with Crippen molar-refractivity contribution >= 4 is 23.1 Å². The summed E-state index contributed by atoms with van der Waals surface area (Å²) in [5.41, 5.74) is 6.88. The van der Waals surface area contributed by atoms with Gasteiger partial charge in [-0.15, -0.1) is 0 Å². The van der Waals surface area contributed by atoms with E-state index in [1.54, 1.807) is 0 Å². The van der Waals surface area contributed by atoms with Gasteiger partial charge in [0.25, 0.3) is 11.8 Å². The van der Waals surface area contributed by atoms with E-state index in [-0.39, 0.29) is 11.8 Å². The molecule has 140 valence electrons. The second kappa shape index (κ2) is 7.39. The number of imide groups is 1. The molecule has 2 aromatic rings. The molecule has 3 rings (SSSR count). The molecule has 27 heavy (non-hydrogen) atoms. The van der Waals surface area contributed by atoms with Crippen molar-refractivity contribution < 1.29 is 9.59 Å². The number of hydrogen-bond donors (Lipinski definition) is 1. The molecule has 2 aromatic carbocycles. The van der Waals surface area contributed by atoms with Crippen LogP contribution in [-0.2, 0) is 9.59 Å². The zero-order valence-electron chi connectivity index (χ0n) is 16.6. The highest BCUT2D eigenvalue weighted by Gasteiger charge is 2.38. The summed E-state index contributed by atoms with van der Waals surface area (Å²) >= 11 is 0. The Balaban J connectivity index is 2.12. The molecule has 4 heteroatoms. The molecule has 0 fully saturated rings. The molecule has 1 heterocycles. The quantitative estimate of drug-likeness (QED) is 0.796. The summed E-state index contributed by atoms with van der Waals surface area (Å²) in [6.07, 6.45) is 0.731. The van der Waals surface area contributed by atoms with Gasteiger partial charge in [0, 0.05) is 12.2 Å². The van der Waals surface area contributed by atoms with Crippen molar-refractivity contribution in [1.29, 1.82) is 0 Å². The molecule has 0 atom stereocenters. The van der Waals surface area contributed by atoms with Gasteiger partial charge in [-0.1, -0.05) is 31.2 Å². The summed E-state index contributed by atoms with van der Waals surface area (Å²) in [5.74, 6) is -0.480. The number of carbonyl (C=O) groups is 2. The highest BCUT2D eigenvalue weighted by atomic mass is 16.2. The molecule has 1 aliphatic rings. The molecule has 1 aliphatic heterocycles. The van der Waals surface area contributed by atoms with Crippen LogP contribution in [0.15, 0.2) is 42.1 Å². The zero-order valence-corrected chi connectivity index (χ0v) is 16.6. The Bertz CT molecular complexity index is 937. The van der Waals surface area contributed by atoms with Crippen molar-refractivity contribution in [3.8, 4) is 0 Å². The van der Waals surface area contributed by atoms with E-state index in [9.17, 15) is 9.59 Å². The Morgan fingerprint density at radius 3 is 2.11 bits per heavy atom. The Labute approximate surface area is 160 Å². The van der Waals surface area contributed by atoms with E-state index in [1.165, 1.54) is 4.90 Å².